The molecule has 1 aromatic rings. The van der Waals surface area contributed by atoms with E-state index in [1.54, 1.807) is 24.1 Å². The minimum absolute atomic E-state index is 0. The number of benzene rings is 1. The average Bonchev–Trinajstić information content (AvgIpc) is 2.79. The Labute approximate surface area is 120 Å². The Morgan fingerprint density at radius 3 is 2.53 bits per heavy atom. The molecule has 0 spiro atoms. The van der Waals surface area contributed by atoms with Crippen LogP contribution in [0.5, 0.6) is 0 Å². The van der Waals surface area contributed by atoms with Crippen molar-refractivity contribution >= 4 is 18.3 Å². The fraction of sp³-hybridized carbons (Fsp3) is 0.500. The van der Waals surface area contributed by atoms with Crippen molar-refractivity contribution in [3.63, 3.8) is 0 Å². The van der Waals surface area contributed by atoms with Crippen molar-refractivity contribution in [3.8, 4) is 0 Å². The summed E-state index contributed by atoms with van der Waals surface area (Å²) in [7, 11) is 1.77. The number of hydrogen-bond donors (Lipinski definition) is 1. The molecule has 1 amide bonds. The van der Waals surface area contributed by atoms with E-state index in [9.17, 15) is 9.90 Å². The second-order valence-corrected chi connectivity index (χ2v) is 4.77. The van der Waals surface area contributed by atoms with E-state index in [-0.39, 0.29) is 24.4 Å². The maximum absolute atomic E-state index is 12.3. The van der Waals surface area contributed by atoms with Gasteiger partial charge in [0, 0.05) is 25.7 Å². The molecular formula is C14H21ClN2O2. The number of likely N-dealkylation sites (tertiary alicyclic amines) is 1. The predicted octanol–water partition coefficient (Wildman–Crippen LogP) is 1.25. The number of rotatable bonds is 3. The smallest absolute Gasteiger partial charge is 0.253 e. The lowest BCUT2D eigenvalue weighted by Gasteiger charge is -2.26. The highest BCUT2D eigenvalue weighted by molar-refractivity contribution is 5.94. The molecule has 4 nitrogen and oxygen atoms in total. The minimum atomic E-state index is -0.456. The first-order valence-electron chi connectivity index (χ1n) is 6.36. The van der Waals surface area contributed by atoms with Crippen LogP contribution in [0.4, 0.5) is 0 Å². The molecule has 1 heterocycles. The average molecular weight is 285 g/mol. The third-order valence-corrected chi connectivity index (χ3v) is 3.62. The van der Waals surface area contributed by atoms with Gasteiger partial charge in [-0.2, -0.15) is 0 Å². The number of likely N-dealkylation sites (N-methyl/N-ethyl adjacent to an activating group) is 2. The number of amides is 1. The summed E-state index contributed by atoms with van der Waals surface area (Å²) in [5, 5.41) is 10.0. The molecule has 0 aliphatic carbocycles. The number of halogens is 1. The fourth-order valence-electron chi connectivity index (χ4n) is 2.42. The van der Waals surface area contributed by atoms with E-state index in [1.165, 1.54) is 0 Å². The Morgan fingerprint density at radius 2 is 2.00 bits per heavy atom. The Hall–Kier alpha value is -1.10. The third kappa shape index (κ3) is 3.47. The molecule has 0 radical (unpaired) electrons. The van der Waals surface area contributed by atoms with Gasteiger partial charge in [0.1, 0.15) is 0 Å². The van der Waals surface area contributed by atoms with Crippen LogP contribution in [0, 0.1) is 0 Å². The van der Waals surface area contributed by atoms with E-state index in [0.717, 1.165) is 13.1 Å². The van der Waals surface area contributed by atoms with Crippen molar-refractivity contribution in [1.82, 2.24) is 9.80 Å². The number of carbonyl (C=O) groups excluding carboxylic acids is 1. The molecule has 5 heteroatoms. The van der Waals surface area contributed by atoms with E-state index >= 15 is 0 Å². The second-order valence-electron chi connectivity index (χ2n) is 4.77. The van der Waals surface area contributed by atoms with Gasteiger partial charge >= 0.3 is 0 Å². The Morgan fingerprint density at radius 1 is 1.37 bits per heavy atom. The zero-order chi connectivity index (χ0) is 13.1. The molecule has 2 rings (SSSR count). The molecule has 0 aromatic heterocycles. The van der Waals surface area contributed by atoms with Crippen molar-refractivity contribution < 1.29 is 9.90 Å². The molecule has 0 bridgehead atoms. The van der Waals surface area contributed by atoms with Crippen LogP contribution in [-0.4, -0.2) is 59.6 Å². The number of nitrogens with zero attached hydrogens (tertiary/aromatic N) is 2. The first kappa shape index (κ1) is 16.0. The van der Waals surface area contributed by atoms with Crippen molar-refractivity contribution in [2.75, 3.05) is 26.7 Å². The Kier molecular flexibility index (Phi) is 5.79. The van der Waals surface area contributed by atoms with Crippen molar-refractivity contribution in [3.05, 3.63) is 35.9 Å². The second kappa shape index (κ2) is 6.89. The molecule has 2 unspecified atom stereocenters. The van der Waals surface area contributed by atoms with Gasteiger partial charge in [-0.05, 0) is 18.7 Å². The van der Waals surface area contributed by atoms with Gasteiger partial charge in [0.2, 0.25) is 0 Å². The molecule has 1 aromatic carbocycles. The van der Waals surface area contributed by atoms with Crippen LogP contribution in [0.25, 0.3) is 0 Å². The van der Waals surface area contributed by atoms with Gasteiger partial charge in [-0.25, -0.2) is 0 Å². The summed E-state index contributed by atoms with van der Waals surface area (Å²) in [6.45, 7) is 4.36. The van der Waals surface area contributed by atoms with Crippen LogP contribution in [0.15, 0.2) is 30.3 Å². The lowest BCUT2D eigenvalue weighted by molar-refractivity contribution is 0.0581. The lowest BCUT2D eigenvalue weighted by atomic mass is 10.1. The summed E-state index contributed by atoms with van der Waals surface area (Å²) in [5.41, 5.74) is 0.669. The van der Waals surface area contributed by atoms with Gasteiger partial charge in [-0.1, -0.05) is 25.1 Å². The zero-order valence-corrected chi connectivity index (χ0v) is 12.1. The number of hydrogen-bond acceptors (Lipinski definition) is 3. The highest BCUT2D eigenvalue weighted by atomic mass is 35.5. The number of aliphatic hydroxyl groups excluding tert-OH is 1. The van der Waals surface area contributed by atoms with Crippen molar-refractivity contribution in [1.29, 1.82) is 0 Å². The number of aliphatic hydroxyl groups is 1. The zero-order valence-electron chi connectivity index (χ0n) is 11.3. The fourth-order valence-corrected chi connectivity index (χ4v) is 2.42. The van der Waals surface area contributed by atoms with Crippen LogP contribution >= 0.6 is 12.4 Å². The first-order chi connectivity index (χ1) is 8.63. The predicted molar refractivity (Wildman–Crippen MR) is 77.7 cm³/mol. The summed E-state index contributed by atoms with van der Waals surface area (Å²) in [6, 6.07) is 9.09. The minimum Gasteiger partial charge on any atom is -0.390 e. The number of carbonyl (C=O) groups is 1. The van der Waals surface area contributed by atoms with Gasteiger partial charge in [0.15, 0.2) is 0 Å². The molecule has 19 heavy (non-hydrogen) atoms. The standard InChI is InChI=1S/C14H20N2O2.ClH/c1-3-16-9-12(13(17)10-16)15(2)14(18)11-7-5-4-6-8-11;/h4-8,12-13,17H,3,9-10H2,1-2H3;1H. The lowest BCUT2D eigenvalue weighted by Crippen LogP contribution is -2.44. The Balaban J connectivity index is 0.00000180. The number of β-amino-alcohol motifs (C(OH)–C–C–N with tert-alkyl or cyclic N) is 1. The first-order valence-corrected chi connectivity index (χ1v) is 6.36. The molecule has 0 saturated carbocycles. The van der Waals surface area contributed by atoms with Crippen LogP contribution in [0.1, 0.15) is 17.3 Å². The van der Waals surface area contributed by atoms with E-state index < -0.39 is 6.10 Å². The molecule has 1 N–H and O–H groups in total. The molecule has 1 saturated heterocycles. The van der Waals surface area contributed by atoms with E-state index in [4.69, 9.17) is 0 Å². The summed E-state index contributed by atoms with van der Waals surface area (Å²) in [6.07, 6.45) is -0.456. The van der Waals surface area contributed by atoms with Crippen LogP contribution in [0.2, 0.25) is 0 Å². The maximum atomic E-state index is 12.3. The summed E-state index contributed by atoms with van der Waals surface area (Å²) in [5.74, 6) is -0.0300. The highest BCUT2D eigenvalue weighted by Crippen LogP contribution is 2.17. The van der Waals surface area contributed by atoms with Gasteiger partial charge in [0.25, 0.3) is 5.91 Å². The maximum Gasteiger partial charge on any atom is 0.253 e. The quantitative estimate of drug-likeness (QED) is 0.908. The molecule has 106 valence electrons. The van der Waals surface area contributed by atoms with E-state index in [0.29, 0.717) is 12.1 Å². The van der Waals surface area contributed by atoms with Crippen LogP contribution < -0.4 is 0 Å². The van der Waals surface area contributed by atoms with Gasteiger partial charge < -0.3 is 10.0 Å². The summed E-state index contributed by atoms with van der Waals surface area (Å²) >= 11 is 0. The Bertz CT molecular complexity index is 413. The SMILES string of the molecule is CCN1CC(O)C(N(C)C(=O)c2ccccc2)C1.Cl. The van der Waals surface area contributed by atoms with E-state index in [2.05, 4.69) is 11.8 Å². The normalized spacial score (nSPS) is 22.9. The highest BCUT2D eigenvalue weighted by Gasteiger charge is 2.35. The summed E-state index contributed by atoms with van der Waals surface area (Å²) < 4.78 is 0. The van der Waals surface area contributed by atoms with Crippen LogP contribution in [0.3, 0.4) is 0 Å². The van der Waals surface area contributed by atoms with E-state index in [1.807, 2.05) is 18.2 Å². The summed E-state index contributed by atoms with van der Waals surface area (Å²) in [4.78, 5) is 16.1. The van der Waals surface area contributed by atoms with Crippen molar-refractivity contribution in [2.45, 2.75) is 19.1 Å². The van der Waals surface area contributed by atoms with Gasteiger partial charge in [0.05, 0.1) is 12.1 Å². The molecular weight excluding hydrogens is 264 g/mol. The third-order valence-electron chi connectivity index (χ3n) is 3.62. The topological polar surface area (TPSA) is 43.8 Å². The largest absolute Gasteiger partial charge is 0.390 e. The van der Waals surface area contributed by atoms with Gasteiger partial charge in [-0.15, -0.1) is 12.4 Å². The van der Waals surface area contributed by atoms with Gasteiger partial charge in [-0.3, -0.25) is 9.69 Å². The van der Waals surface area contributed by atoms with Crippen LogP contribution in [-0.2, 0) is 0 Å². The monoisotopic (exact) mass is 284 g/mol. The van der Waals surface area contributed by atoms with Crippen molar-refractivity contribution in [2.24, 2.45) is 0 Å². The molecule has 1 aliphatic heterocycles. The molecule has 1 fully saturated rings. The molecule has 1 aliphatic rings. The molecule has 2 atom stereocenters.